The number of rotatable bonds is 3. The van der Waals surface area contributed by atoms with Crippen molar-refractivity contribution in [1.29, 1.82) is 0 Å². The minimum atomic E-state index is -0.354. The summed E-state index contributed by atoms with van der Waals surface area (Å²) in [5.41, 5.74) is 1.72. The molecule has 8 heteroatoms. The molecule has 1 unspecified atom stereocenters. The van der Waals surface area contributed by atoms with E-state index in [0.717, 1.165) is 17.1 Å². The zero-order valence-corrected chi connectivity index (χ0v) is 14.3. The Labute approximate surface area is 151 Å². The summed E-state index contributed by atoms with van der Waals surface area (Å²) in [6, 6.07) is 7.35. The highest BCUT2D eigenvalue weighted by molar-refractivity contribution is 5.90. The van der Waals surface area contributed by atoms with E-state index in [4.69, 9.17) is 0 Å². The van der Waals surface area contributed by atoms with E-state index in [1.165, 1.54) is 0 Å². The van der Waals surface area contributed by atoms with Crippen LogP contribution in [0.25, 0.3) is 11.3 Å². The first-order chi connectivity index (χ1) is 12.7. The third kappa shape index (κ3) is 3.35. The molecule has 8 nitrogen and oxygen atoms in total. The number of carbonyl (C=O) groups excluding carboxylic acids is 2. The van der Waals surface area contributed by atoms with Crippen LogP contribution in [0.5, 0.6) is 0 Å². The molecule has 26 heavy (non-hydrogen) atoms. The Morgan fingerprint density at radius 1 is 1.12 bits per heavy atom. The Balaban J connectivity index is 1.36. The van der Waals surface area contributed by atoms with Crippen LogP contribution in [-0.4, -0.2) is 64.1 Å². The lowest BCUT2D eigenvalue weighted by Crippen LogP contribution is -2.53. The van der Waals surface area contributed by atoms with Gasteiger partial charge in [0.05, 0.1) is 5.69 Å². The third-order valence-electron chi connectivity index (χ3n) is 4.82. The highest BCUT2D eigenvalue weighted by Gasteiger charge is 2.32. The first-order valence-corrected chi connectivity index (χ1v) is 8.78. The van der Waals surface area contributed by atoms with Gasteiger partial charge in [0.2, 0.25) is 11.8 Å². The molecule has 2 fully saturated rings. The number of piperazine rings is 1. The van der Waals surface area contributed by atoms with Gasteiger partial charge in [-0.25, -0.2) is 0 Å². The standard InChI is InChI=1S/C18H20N6O2/c25-17-6-4-15(20-17)18(26)24-10-8-23(9-11-24)16-5-3-14(21-22-16)13-2-1-7-19-12-13/h1-3,5,7,12,15H,4,6,8-11H2,(H,20,25). The number of hydrogen-bond donors (Lipinski definition) is 1. The molecule has 4 rings (SSSR count). The van der Waals surface area contributed by atoms with Gasteiger partial charge in [-0.2, -0.15) is 0 Å². The van der Waals surface area contributed by atoms with E-state index in [0.29, 0.717) is 39.0 Å². The molecular formula is C18H20N6O2. The monoisotopic (exact) mass is 352 g/mol. The molecule has 2 aliphatic heterocycles. The Bertz CT molecular complexity index is 787. The summed E-state index contributed by atoms with van der Waals surface area (Å²) >= 11 is 0. The first kappa shape index (κ1) is 16.4. The molecule has 0 spiro atoms. The van der Waals surface area contributed by atoms with Gasteiger partial charge in [0.15, 0.2) is 5.82 Å². The van der Waals surface area contributed by atoms with Crippen molar-refractivity contribution in [3.8, 4) is 11.3 Å². The quantitative estimate of drug-likeness (QED) is 0.863. The highest BCUT2D eigenvalue weighted by Crippen LogP contribution is 2.19. The van der Waals surface area contributed by atoms with Crippen molar-refractivity contribution < 1.29 is 9.59 Å². The number of aromatic nitrogens is 3. The predicted octanol–water partition coefficient (Wildman–Crippen LogP) is 0.466. The highest BCUT2D eigenvalue weighted by atomic mass is 16.2. The lowest BCUT2D eigenvalue weighted by Gasteiger charge is -2.36. The maximum absolute atomic E-state index is 12.4. The van der Waals surface area contributed by atoms with Gasteiger partial charge >= 0.3 is 0 Å². The van der Waals surface area contributed by atoms with Crippen LogP contribution in [0.15, 0.2) is 36.7 Å². The van der Waals surface area contributed by atoms with Crippen LogP contribution in [0, 0.1) is 0 Å². The van der Waals surface area contributed by atoms with Gasteiger partial charge in [-0.15, -0.1) is 10.2 Å². The summed E-state index contributed by atoms with van der Waals surface area (Å²) in [6.45, 7) is 2.65. The molecule has 0 saturated carbocycles. The maximum atomic E-state index is 12.4. The van der Waals surface area contributed by atoms with Gasteiger partial charge in [0.1, 0.15) is 6.04 Å². The molecule has 2 saturated heterocycles. The Morgan fingerprint density at radius 2 is 1.96 bits per heavy atom. The molecule has 0 bridgehead atoms. The second kappa shape index (κ2) is 7.07. The largest absolute Gasteiger partial charge is 0.352 e. The van der Waals surface area contributed by atoms with Gasteiger partial charge in [-0.1, -0.05) is 0 Å². The smallest absolute Gasteiger partial charge is 0.245 e. The predicted molar refractivity (Wildman–Crippen MR) is 95.2 cm³/mol. The van der Waals surface area contributed by atoms with Crippen LogP contribution in [0.3, 0.4) is 0 Å². The molecule has 0 aromatic carbocycles. The second-order valence-corrected chi connectivity index (χ2v) is 6.49. The van der Waals surface area contributed by atoms with Gasteiger partial charge in [-0.05, 0) is 30.7 Å². The molecule has 2 aromatic heterocycles. The van der Waals surface area contributed by atoms with Crippen molar-refractivity contribution >= 4 is 17.6 Å². The number of pyridine rings is 1. The van der Waals surface area contributed by atoms with Crippen LogP contribution >= 0.6 is 0 Å². The summed E-state index contributed by atoms with van der Waals surface area (Å²) in [5, 5.41) is 11.4. The minimum absolute atomic E-state index is 0.0218. The Hall–Kier alpha value is -3.03. The number of nitrogens with zero attached hydrogens (tertiary/aromatic N) is 5. The Kier molecular flexibility index (Phi) is 4.47. The third-order valence-corrected chi connectivity index (χ3v) is 4.82. The van der Waals surface area contributed by atoms with Crippen molar-refractivity contribution in [1.82, 2.24) is 25.4 Å². The summed E-state index contributed by atoms with van der Waals surface area (Å²) < 4.78 is 0. The molecule has 2 amide bonds. The van der Waals surface area contributed by atoms with Crippen LogP contribution in [0.2, 0.25) is 0 Å². The zero-order valence-electron chi connectivity index (χ0n) is 14.3. The fourth-order valence-corrected chi connectivity index (χ4v) is 3.34. The Morgan fingerprint density at radius 3 is 2.58 bits per heavy atom. The average Bonchev–Trinajstić information content (AvgIpc) is 3.15. The van der Waals surface area contributed by atoms with E-state index < -0.39 is 0 Å². The average molecular weight is 352 g/mol. The molecule has 2 aromatic rings. The van der Waals surface area contributed by atoms with E-state index >= 15 is 0 Å². The van der Waals surface area contributed by atoms with Crippen molar-refractivity contribution in [3.63, 3.8) is 0 Å². The van der Waals surface area contributed by atoms with Gasteiger partial charge < -0.3 is 15.1 Å². The van der Waals surface area contributed by atoms with Gasteiger partial charge in [0.25, 0.3) is 0 Å². The molecule has 1 atom stereocenters. The molecule has 2 aliphatic rings. The van der Waals surface area contributed by atoms with Crippen molar-refractivity contribution in [2.75, 3.05) is 31.1 Å². The SMILES string of the molecule is O=C1CCC(C(=O)N2CCN(c3ccc(-c4cccnc4)nn3)CC2)N1. The molecule has 4 heterocycles. The molecule has 0 aliphatic carbocycles. The minimum Gasteiger partial charge on any atom is -0.352 e. The number of hydrogen-bond acceptors (Lipinski definition) is 6. The summed E-state index contributed by atoms with van der Waals surface area (Å²) in [6.07, 6.45) is 4.52. The summed E-state index contributed by atoms with van der Waals surface area (Å²) in [7, 11) is 0. The van der Waals surface area contributed by atoms with E-state index in [-0.39, 0.29) is 17.9 Å². The number of amides is 2. The number of anilines is 1. The molecular weight excluding hydrogens is 332 g/mol. The second-order valence-electron chi connectivity index (χ2n) is 6.49. The van der Waals surface area contributed by atoms with E-state index in [9.17, 15) is 9.59 Å². The molecule has 1 N–H and O–H groups in total. The van der Waals surface area contributed by atoms with Gasteiger partial charge in [0, 0.05) is 50.6 Å². The fraction of sp³-hybridized carbons (Fsp3) is 0.389. The van der Waals surface area contributed by atoms with Crippen LogP contribution < -0.4 is 10.2 Å². The summed E-state index contributed by atoms with van der Waals surface area (Å²) in [5.74, 6) is 0.790. The van der Waals surface area contributed by atoms with Crippen molar-refractivity contribution in [3.05, 3.63) is 36.7 Å². The molecule has 0 radical (unpaired) electrons. The normalized spacial score (nSPS) is 20.2. The number of nitrogens with one attached hydrogen (secondary N) is 1. The van der Waals surface area contributed by atoms with E-state index in [1.54, 1.807) is 12.4 Å². The van der Waals surface area contributed by atoms with Crippen LogP contribution in [0.1, 0.15) is 12.8 Å². The first-order valence-electron chi connectivity index (χ1n) is 8.78. The lowest BCUT2D eigenvalue weighted by atomic mass is 10.2. The van der Waals surface area contributed by atoms with Crippen molar-refractivity contribution in [2.45, 2.75) is 18.9 Å². The lowest BCUT2D eigenvalue weighted by molar-refractivity contribution is -0.134. The molecule has 134 valence electrons. The summed E-state index contributed by atoms with van der Waals surface area (Å²) in [4.78, 5) is 31.8. The van der Waals surface area contributed by atoms with E-state index in [2.05, 4.69) is 25.4 Å². The van der Waals surface area contributed by atoms with Gasteiger partial charge in [-0.3, -0.25) is 14.6 Å². The zero-order chi connectivity index (χ0) is 17.9. The topological polar surface area (TPSA) is 91.3 Å². The fourth-order valence-electron chi connectivity index (χ4n) is 3.34. The van der Waals surface area contributed by atoms with Crippen LogP contribution in [0.4, 0.5) is 5.82 Å². The van der Waals surface area contributed by atoms with Crippen LogP contribution in [-0.2, 0) is 9.59 Å². The number of carbonyl (C=O) groups is 2. The van der Waals surface area contributed by atoms with Crippen molar-refractivity contribution in [2.24, 2.45) is 0 Å². The maximum Gasteiger partial charge on any atom is 0.245 e. The van der Waals surface area contributed by atoms with E-state index in [1.807, 2.05) is 29.2 Å².